The molecule has 2 heteroatoms. The van der Waals surface area contributed by atoms with E-state index in [9.17, 15) is 4.79 Å². The van der Waals surface area contributed by atoms with Crippen molar-refractivity contribution in [1.29, 1.82) is 0 Å². The first kappa shape index (κ1) is 12.4. The Bertz CT molecular complexity index is 154. The molecule has 0 spiro atoms. The highest BCUT2D eigenvalue weighted by molar-refractivity contribution is 5.89. The monoisotopic (exact) mass is 183 g/mol. The molecule has 0 heterocycles. The Morgan fingerprint density at radius 2 is 2.23 bits per heavy atom. The van der Waals surface area contributed by atoms with Gasteiger partial charge in [0.05, 0.1) is 0 Å². The molecule has 0 saturated heterocycles. The lowest BCUT2D eigenvalue weighted by Gasteiger charge is -2.11. The highest BCUT2D eigenvalue weighted by atomic mass is 16.1. The normalized spacial score (nSPS) is 12.5. The van der Waals surface area contributed by atoms with Crippen LogP contribution in [0.15, 0.2) is 12.7 Å². The number of nitrogens with two attached hydrogens (primary N) is 1. The third-order valence-corrected chi connectivity index (χ3v) is 2.36. The van der Waals surface area contributed by atoms with Crippen molar-refractivity contribution in [3.63, 3.8) is 0 Å². The van der Waals surface area contributed by atoms with Gasteiger partial charge in [-0.2, -0.15) is 0 Å². The van der Waals surface area contributed by atoms with Gasteiger partial charge in [-0.15, -0.1) is 0 Å². The van der Waals surface area contributed by atoms with Crippen LogP contribution in [0.2, 0.25) is 0 Å². The summed E-state index contributed by atoms with van der Waals surface area (Å²) < 4.78 is 0. The third-order valence-electron chi connectivity index (χ3n) is 2.36. The van der Waals surface area contributed by atoms with E-state index in [1.807, 2.05) is 0 Å². The van der Waals surface area contributed by atoms with Crippen molar-refractivity contribution < 1.29 is 4.79 Å². The number of carbonyl (C=O) groups is 1. The van der Waals surface area contributed by atoms with Crippen LogP contribution in [0.3, 0.4) is 0 Å². The van der Waals surface area contributed by atoms with Crippen LogP contribution in [0.1, 0.15) is 39.0 Å². The number of carbonyl (C=O) groups excluding carboxylic acids is 1. The Labute approximate surface area is 81.2 Å². The predicted molar refractivity (Wildman–Crippen MR) is 56.5 cm³/mol. The molecule has 76 valence electrons. The SMILES string of the molecule is C=CC(=O)CC(CC)CCCCN. The fraction of sp³-hybridized carbons (Fsp3) is 0.727. The van der Waals surface area contributed by atoms with Crippen molar-refractivity contribution in [2.45, 2.75) is 39.0 Å². The summed E-state index contributed by atoms with van der Waals surface area (Å²) in [6, 6.07) is 0. The second kappa shape index (κ2) is 7.99. The van der Waals surface area contributed by atoms with Crippen LogP contribution in [0.25, 0.3) is 0 Å². The molecule has 0 rings (SSSR count). The van der Waals surface area contributed by atoms with Crippen molar-refractivity contribution in [3.05, 3.63) is 12.7 Å². The van der Waals surface area contributed by atoms with Crippen LogP contribution in [0.5, 0.6) is 0 Å². The first-order chi connectivity index (χ1) is 6.24. The van der Waals surface area contributed by atoms with Crippen LogP contribution < -0.4 is 5.73 Å². The van der Waals surface area contributed by atoms with E-state index in [2.05, 4.69) is 13.5 Å². The number of hydrogen-bond donors (Lipinski definition) is 1. The third kappa shape index (κ3) is 6.52. The molecule has 0 saturated carbocycles. The summed E-state index contributed by atoms with van der Waals surface area (Å²) in [7, 11) is 0. The smallest absolute Gasteiger partial charge is 0.155 e. The lowest BCUT2D eigenvalue weighted by Crippen LogP contribution is -2.07. The molecule has 2 N–H and O–H groups in total. The van der Waals surface area contributed by atoms with Crippen LogP contribution in [0.4, 0.5) is 0 Å². The van der Waals surface area contributed by atoms with E-state index in [0.717, 1.165) is 32.2 Å². The van der Waals surface area contributed by atoms with Gasteiger partial charge in [0, 0.05) is 6.42 Å². The van der Waals surface area contributed by atoms with Crippen molar-refractivity contribution >= 4 is 5.78 Å². The van der Waals surface area contributed by atoms with Crippen molar-refractivity contribution in [2.24, 2.45) is 11.7 Å². The van der Waals surface area contributed by atoms with Gasteiger partial charge in [-0.05, 0) is 31.4 Å². The van der Waals surface area contributed by atoms with Gasteiger partial charge in [0.25, 0.3) is 0 Å². The van der Waals surface area contributed by atoms with Crippen molar-refractivity contribution in [1.82, 2.24) is 0 Å². The Morgan fingerprint density at radius 1 is 1.54 bits per heavy atom. The van der Waals surface area contributed by atoms with Crippen LogP contribution in [-0.4, -0.2) is 12.3 Å². The molecule has 0 fully saturated rings. The fourth-order valence-corrected chi connectivity index (χ4v) is 1.40. The molecule has 0 bridgehead atoms. The predicted octanol–water partition coefficient (Wildman–Crippen LogP) is 2.29. The van der Waals surface area contributed by atoms with Gasteiger partial charge in [0.2, 0.25) is 0 Å². The van der Waals surface area contributed by atoms with E-state index in [0.29, 0.717) is 12.3 Å². The molecule has 2 nitrogen and oxygen atoms in total. The second-order valence-corrected chi connectivity index (χ2v) is 3.43. The molecule has 0 aliphatic carbocycles. The van der Waals surface area contributed by atoms with Gasteiger partial charge >= 0.3 is 0 Å². The molecule has 1 atom stereocenters. The zero-order valence-corrected chi connectivity index (χ0v) is 8.59. The molecule has 0 aromatic carbocycles. The van der Waals surface area contributed by atoms with Gasteiger partial charge in [-0.1, -0.05) is 26.3 Å². The van der Waals surface area contributed by atoms with Gasteiger partial charge in [0.1, 0.15) is 0 Å². The molecular formula is C11H21NO. The first-order valence-corrected chi connectivity index (χ1v) is 5.09. The van der Waals surface area contributed by atoms with E-state index in [1.54, 1.807) is 0 Å². The number of rotatable bonds is 8. The first-order valence-electron chi connectivity index (χ1n) is 5.09. The maximum absolute atomic E-state index is 11.1. The van der Waals surface area contributed by atoms with Crippen molar-refractivity contribution in [3.8, 4) is 0 Å². The van der Waals surface area contributed by atoms with E-state index >= 15 is 0 Å². The average molecular weight is 183 g/mol. The fourth-order valence-electron chi connectivity index (χ4n) is 1.40. The quantitative estimate of drug-likeness (QED) is 0.463. The molecular weight excluding hydrogens is 162 g/mol. The molecule has 0 aliphatic rings. The van der Waals surface area contributed by atoms with E-state index in [-0.39, 0.29) is 5.78 Å². The molecule has 0 amide bonds. The highest BCUT2D eigenvalue weighted by Gasteiger charge is 2.08. The molecule has 13 heavy (non-hydrogen) atoms. The summed E-state index contributed by atoms with van der Waals surface area (Å²) in [5, 5.41) is 0. The number of allylic oxidation sites excluding steroid dienone is 1. The summed E-state index contributed by atoms with van der Waals surface area (Å²) >= 11 is 0. The standard InChI is InChI=1S/C11H21NO/c1-3-10(7-5-6-8-12)9-11(13)4-2/h4,10H,2-3,5-9,12H2,1H3. The van der Waals surface area contributed by atoms with E-state index in [4.69, 9.17) is 5.73 Å². The summed E-state index contributed by atoms with van der Waals surface area (Å²) in [4.78, 5) is 11.1. The van der Waals surface area contributed by atoms with Gasteiger partial charge in [-0.3, -0.25) is 4.79 Å². The molecule has 1 unspecified atom stereocenters. The maximum atomic E-state index is 11.1. The Balaban J connectivity index is 3.62. The average Bonchev–Trinajstić information content (AvgIpc) is 2.16. The highest BCUT2D eigenvalue weighted by Crippen LogP contribution is 2.16. The zero-order valence-electron chi connectivity index (χ0n) is 8.59. The Hall–Kier alpha value is -0.630. The van der Waals surface area contributed by atoms with Gasteiger partial charge in [0.15, 0.2) is 5.78 Å². The number of ketones is 1. The van der Waals surface area contributed by atoms with E-state index in [1.165, 1.54) is 6.08 Å². The minimum absolute atomic E-state index is 0.166. The summed E-state index contributed by atoms with van der Waals surface area (Å²) in [6.07, 6.45) is 6.48. The zero-order chi connectivity index (χ0) is 10.1. The molecule has 0 radical (unpaired) electrons. The largest absolute Gasteiger partial charge is 0.330 e. The minimum Gasteiger partial charge on any atom is -0.330 e. The summed E-state index contributed by atoms with van der Waals surface area (Å²) in [5.74, 6) is 0.691. The minimum atomic E-state index is 0.166. The van der Waals surface area contributed by atoms with Crippen LogP contribution >= 0.6 is 0 Å². The van der Waals surface area contributed by atoms with Gasteiger partial charge < -0.3 is 5.73 Å². The van der Waals surface area contributed by atoms with E-state index < -0.39 is 0 Å². The topological polar surface area (TPSA) is 43.1 Å². The molecule has 0 aliphatic heterocycles. The van der Waals surface area contributed by atoms with Crippen molar-refractivity contribution in [2.75, 3.05) is 6.54 Å². The lowest BCUT2D eigenvalue weighted by molar-refractivity contribution is -0.115. The summed E-state index contributed by atoms with van der Waals surface area (Å²) in [5.41, 5.74) is 5.40. The van der Waals surface area contributed by atoms with Crippen LogP contribution in [-0.2, 0) is 4.79 Å². The number of hydrogen-bond acceptors (Lipinski definition) is 2. The summed E-state index contributed by atoms with van der Waals surface area (Å²) in [6.45, 7) is 6.36. The number of unbranched alkanes of at least 4 members (excludes halogenated alkanes) is 1. The maximum Gasteiger partial charge on any atom is 0.155 e. The lowest BCUT2D eigenvalue weighted by atomic mass is 9.94. The van der Waals surface area contributed by atoms with Crippen LogP contribution in [0, 0.1) is 5.92 Å². The molecule has 0 aromatic rings. The van der Waals surface area contributed by atoms with Gasteiger partial charge in [-0.25, -0.2) is 0 Å². The Morgan fingerprint density at radius 3 is 2.69 bits per heavy atom. The second-order valence-electron chi connectivity index (χ2n) is 3.43. The molecule has 0 aromatic heterocycles. The Kier molecular flexibility index (Phi) is 7.60.